The van der Waals surface area contributed by atoms with Crippen LogP contribution in [0.3, 0.4) is 0 Å². The Kier molecular flexibility index (Phi) is 6.26. The van der Waals surface area contributed by atoms with Crippen LogP contribution in [-0.2, 0) is 25.8 Å². The van der Waals surface area contributed by atoms with Crippen molar-refractivity contribution in [1.82, 2.24) is 5.32 Å². The molecule has 0 aromatic heterocycles. The van der Waals surface area contributed by atoms with E-state index in [9.17, 15) is 18.0 Å². The SMILES string of the molecule is CC1CCCCC1NC(=O)CCS(=O)(=O)c1cc2c(cc1Br)CCN2C(=O)C1CC1. The Morgan fingerprint density at radius 3 is 2.60 bits per heavy atom. The van der Waals surface area contributed by atoms with Crippen LogP contribution in [0.5, 0.6) is 0 Å². The third-order valence-corrected chi connectivity index (χ3v) is 9.28. The maximum Gasteiger partial charge on any atom is 0.230 e. The monoisotopic (exact) mass is 496 g/mol. The molecule has 30 heavy (non-hydrogen) atoms. The van der Waals surface area contributed by atoms with E-state index in [2.05, 4.69) is 28.2 Å². The molecule has 1 aromatic carbocycles. The van der Waals surface area contributed by atoms with Gasteiger partial charge in [-0.1, -0.05) is 19.8 Å². The molecule has 0 saturated heterocycles. The Morgan fingerprint density at radius 1 is 1.17 bits per heavy atom. The van der Waals surface area contributed by atoms with Gasteiger partial charge in [0.15, 0.2) is 9.84 Å². The van der Waals surface area contributed by atoms with E-state index < -0.39 is 9.84 Å². The van der Waals surface area contributed by atoms with Crippen LogP contribution in [0.15, 0.2) is 21.5 Å². The second-order valence-corrected chi connectivity index (χ2v) is 11.9. The van der Waals surface area contributed by atoms with E-state index in [4.69, 9.17) is 0 Å². The number of amides is 2. The lowest BCUT2D eigenvalue weighted by Gasteiger charge is -2.29. The number of fused-ring (bicyclic) bond motifs is 1. The van der Waals surface area contributed by atoms with E-state index in [1.807, 2.05) is 6.07 Å². The zero-order valence-corrected chi connectivity index (χ0v) is 19.7. The molecule has 4 rings (SSSR count). The summed E-state index contributed by atoms with van der Waals surface area (Å²) >= 11 is 3.40. The molecule has 3 aliphatic rings. The molecule has 2 unspecified atom stereocenters. The van der Waals surface area contributed by atoms with Crippen LogP contribution in [0.1, 0.15) is 57.4 Å². The molecule has 2 atom stereocenters. The van der Waals surface area contributed by atoms with Crippen LogP contribution in [0.2, 0.25) is 0 Å². The van der Waals surface area contributed by atoms with Crippen LogP contribution in [0, 0.1) is 11.8 Å². The highest BCUT2D eigenvalue weighted by Gasteiger charge is 2.37. The van der Waals surface area contributed by atoms with Crippen molar-refractivity contribution in [3.05, 3.63) is 22.2 Å². The van der Waals surface area contributed by atoms with Crippen LogP contribution in [0.25, 0.3) is 0 Å². The van der Waals surface area contributed by atoms with Gasteiger partial charge >= 0.3 is 0 Å². The molecule has 8 heteroatoms. The van der Waals surface area contributed by atoms with Gasteiger partial charge in [-0.05, 0) is 71.6 Å². The van der Waals surface area contributed by atoms with E-state index in [0.717, 1.165) is 44.1 Å². The predicted octanol–water partition coefficient (Wildman–Crippen LogP) is 3.61. The molecule has 1 aliphatic heterocycles. The number of hydrogen-bond donors (Lipinski definition) is 1. The molecule has 2 aliphatic carbocycles. The van der Waals surface area contributed by atoms with Gasteiger partial charge in [0, 0.05) is 35.1 Å². The molecular weight excluding hydrogens is 468 g/mol. The number of rotatable bonds is 6. The summed E-state index contributed by atoms with van der Waals surface area (Å²) in [6.45, 7) is 2.74. The van der Waals surface area contributed by atoms with Gasteiger partial charge in [0.05, 0.1) is 10.6 Å². The van der Waals surface area contributed by atoms with Gasteiger partial charge in [0.1, 0.15) is 0 Å². The van der Waals surface area contributed by atoms with E-state index >= 15 is 0 Å². The zero-order chi connectivity index (χ0) is 21.5. The van der Waals surface area contributed by atoms with Crippen LogP contribution in [-0.4, -0.2) is 38.6 Å². The number of carbonyl (C=O) groups excluding carboxylic acids is 2. The van der Waals surface area contributed by atoms with E-state index in [1.165, 1.54) is 6.42 Å². The lowest BCUT2D eigenvalue weighted by molar-refractivity contribution is -0.122. The minimum Gasteiger partial charge on any atom is -0.353 e. The first-order valence-corrected chi connectivity index (χ1v) is 13.4. The molecule has 1 N–H and O–H groups in total. The average molecular weight is 497 g/mol. The predicted molar refractivity (Wildman–Crippen MR) is 119 cm³/mol. The van der Waals surface area contributed by atoms with Crippen molar-refractivity contribution in [3.63, 3.8) is 0 Å². The van der Waals surface area contributed by atoms with Crippen LogP contribution < -0.4 is 10.2 Å². The second-order valence-electron chi connectivity index (χ2n) is 8.93. The van der Waals surface area contributed by atoms with Crippen LogP contribution in [0.4, 0.5) is 5.69 Å². The van der Waals surface area contributed by atoms with Crippen molar-refractivity contribution < 1.29 is 18.0 Å². The lowest BCUT2D eigenvalue weighted by atomic mass is 9.86. The number of hydrogen-bond acceptors (Lipinski definition) is 4. The van der Waals surface area contributed by atoms with Gasteiger partial charge in [0.25, 0.3) is 0 Å². The Bertz CT molecular complexity index is 958. The van der Waals surface area contributed by atoms with Gasteiger partial charge in [-0.25, -0.2) is 8.42 Å². The number of halogens is 1. The molecule has 2 fully saturated rings. The van der Waals surface area contributed by atoms with Gasteiger partial charge in [-0.15, -0.1) is 0 Å². The highest BCUT2D eigenvalue weighted by Crippen LogP contribution is 2.39. The Hall–Kier alpha value is -1.41. The molecule has 1 aromatic rings. The smallest absolute Gasteiger partial charge is 0.230 e. The Labute approximate surface area is 186 Å². The highest BCUT2D eigenvalue weighted by atomic mass is 79.9. The van der Waals surface area contributed by atoms with Crippen molar-refractivity contribution in [3.8, 4) is 0 Å². The first kappa shape index (κ1) is 21.8. The number of benzene rings is 1. The Balaban J connectivity index is 1.45. The van der Waals surface area contributed by atoms with E-state index in [0.29, 0.717) is 22.6 Å². The topological polar surface area (TPSA) is 83.6 Å². The summed E-state index contributed by atoms with van der Waals surface area (Å²) in [5, 5.41) is 3.02. The Morgan fingerprint density at radius 2 is 1.90 bits per heavy atom. The maximum atomic E-state index is 13.0. The van der Waals surface area contributed by atoms with Gasteiger partial charge in [-0.2, -0.15) is 0 Å². The first-order chi connectivity index (χ1) is 14.3. The average Bonchev–Trinajstić information content (AvgIpc) is 3.47. The van der Waals surface area contributed by atoms with Gasteiger partial charge < -0.3 is 10.2 Å². The van der Waals surface area contributed by atoms with Crippen LogP contribution >= 0.6 is 15.9 Å². The normalized spacial score (nSPS) is 23.9. The third kappa shape index (κ3) is 4.59. The standard InChI is InChI=1S/C22H29BrN2O4S/c1-14-4-2-3-5-18(14)24-21(26)9-11-30(28,29)20-13-19-16(12-17(20)23)8-10-25(19)22(27)15-6-7-15/h12-15,18H,2-11H2,1H3,(H,24,26). The molecule has 164 valence electrons. The molecule has 2 amide bonds. The quantitative estimate of drug-likeness (QED) is 0.651. The van der Waals surface area contributed by atoms with Crippen molar-refractivity contribution in [2.24, 2.45) is 11.8 Å². The van der Waals surface area contributed by atoms with Crippen molar-refractivity contribution >= 4 is 43.3 Å². The number of anilines is 1. The number of nitrogens with one attached hydrogen (secondary N) is 1. The van der Waals surface area contributed by atoms with Gasteiger partial charge in [-0.3, -0.25) is 9.59 Å². The minimum atomic E-state index is -3.66. The zero-order valence-electron chi connectivity index (χ0n) is 17.3. The number of sulfone groups is 1. The minimum absolute atomic E-state index is 0.0558. The summed E-state index contributed by atoms with van der Waals surface area (Å²) < 4.78 is 26.5. The second kappa shape index (κ2) is 8.61. The summed E-state index contributed by atoms with van der Waals surface area (Å²) in [6, 6.07) is 3.57. The number of nitrogens with zero attached hydrogens (tertiary/aromatic N) is 1. The van der Waals surface area contributed by atoms with E-state index in [1.54, 1.807) is 11.0 Å². The van der Waals surface area contributed by atoms with E-state index in [-0.39, 0.29) is 40.8 Å². The fraction of sp³-hybridized carbons (Fsp3) is 0.636. The summed E-state index contributed by atoms with van der Waals surface area (Å²) in [4.78, 5) is 26.8. The fourth-order valence-electron chi connectivity index (χ4n) is 4.55. The molecular formula is C22H29BrN2O4S. The molecule has 0 bridgehead atoms. The number of carbonyl (C=O) groups is 2. The van der Waals surface area contributed by atoms with Crippen molar-refractivity contribution in [1.29, 1.82) is 0 Å². The van der Waals surface area contributed by atoms with Crippen molar-refractivity contribution in [2.75, 3.05) is 17.2 Å². The summed E-state index contributed by atoms with van der Waals surface area (Å²) in [6.07, 6.45) is 6.86. The third-order valence-electron chi connectivity index (χ3n) is 6.61. The van der Waals surface area contributed by atoms with Gasteiger partial charge in [0.2, 0.25) is 11.8 Å². The highest BCUT2D eigenvalue weighted by molar-refractivity contribution is 9.10. The molecule has 0 spiro atoms. The lowest BCUT2D eigenvalue weighted by Crippen LogP contribution is -2.41. The fourth-order valence-corrected chi connectivity index (χ4v) is 7.00. The molecule has 0 radical (unpaired) electrons. The maximum absolute atomic E-state index is 13.0. The summed E-state index contributed by atoms with van der Waals surface area (Å²) in [5.74, 6) is 0.166. The first-order valence-electron chi connectivity index (χ1n) is 10.9. The molecule has 1 heterocycles. The molecule has 2 saturated carbocycles. The largest absolute Gasteiger partial charge is 0.353 e. The summed E-state index contributed by atoms with van der Waals surface area (Å²) in [7, 11) is -3.66. The molecule has 6 nitrogen and oxygen atoms in total. The van der Waals surface area contributed by atoms with Crippen molar-refractivity contribution in [2.45, 2.75) is 69.2 Å². The summed E-state index contributed by atoms with van der Waals surface area (Å²) in [5.41, 5.74) is 1.69.